The van der Waals surface area contributed by atoms with E-state index in [0.717, 1.165) is 17.7 Å². The largest absolute Gasteiger partial charge is 0.385 e. The molecule has 0 aromatic heterocycles. The number of carbonyl (C=O) groups is 1. The molecule has 0 saturated carbocycles. The molecule has 0 bridgehead atoms. The van der Waals surface area contributed by atoms with E-state index in [2.05, 4.69) is 4.99 Å². The van der Waals surface area contributed by atoms with Gasteiger partial charge >= 0.3 is 0 Å². The summed E-state index contributed by atoms with van der Waals surface area (Å²) in [6.07, 6.45) is 2.57. The first kappa shape index (κ1) is 18.7. The Hall–Kier alpha value is -2.08. The zero-order valence-electron chi connectivity index (χ0n) is 14.4. The van der Waals surface area contributed by atoms with Gasteiger partial charge in [0.2, 0.25) is 0 Å². The summed E-state index contributed by atoms with van der Waals surface area (Å²) in [6, 6.07) is 17.1. The maximum absolute atomic E-state index is 12.9. The van der Waals surface area contributed by atoms with Crippen LogP contribution in [0.15, 0.2) is 64.5 Å². The maximum atomic E-state index is 12.9. The highest BCUT2D eigenvalue weighted by Gasteiger charge is 2.33. The summed E-state index contributed by atoms with van der Waals surface area (Å²) in [5.74, 6) is -0.0549. The molecule has 134 valence electrons. The average molecular weight is 387 g/mol. The molecular weight excluding hydrogens is 368 g/mol. The Labute approximate surface area is 162 Å². The zero-order chi connectivity index (χ0) is 18.4. The van der Waals surface area contributed by atoms with Crippen LogP contribution in [-0.4, -0.2) is 36.2 Å². The molecule has 2 aromatic rings. The molecule has 0 unspecified atom stereocenters. The van der Waals surface area contributed by atoms with Gasteiger partial charge in [-0.25, -0.2) is 4.99 Å². The molecule has 6 heteroatoms. The van der Waals surface area contributed by atoms with Gasteiger partial charge in [0.05, 0.1) is 10.6 Å². The standard InChI is InChI=1S/C20H19ClN2O2S/c1-25-13-7-12-23-19(24)18(14-15-8-5-6-11-17(15)21)26-20(23)22-16-9-3-2-4-10-16/h2-6,8-11,14H,7,12-13H2,1H3/b18-14-,22-20?. The number of hydrogen-bond donors (Lipinski definition) is 0. The third-order valence-electron chi connectivity index (χ3n) is 3.79. The average Bonchev–Trinajstić information content (AvgIpc) is 2.93. The van der Waals surface area contributed by atoms with Crippen molar-refractivity contribution >= 4 is 46.2 Å². The SMILES string of the molecule is COCCCN1C(=O)/C(=C/c2ccccc2Cl)SC1=Nc1ccccc1. The summed E-state index contributed by atoms with van der Waals surface area (Å²) in [7, 11) is 1.66. The normalized spacial score (nSPS) is 17.5. The molecule has 0 radical (unpaired) electrons. The number of amidine groups is 1. The summed E-state index contributed by atoms with van der Waals surface area (Å²) in [5.41, 5.74) is 1.64. The van der Waals surface area contributed by atoms with Crippen molar-refractivity contribution in [1.82, 2.24) is 4.90 Å². The number of thioether (sulfide) groups is 1. The zero-order valence-corrected chi connectivity index (χ0v) is 16.0. The topological polar surface area (TPSA) is 41.9 Å². The van der Waals surface area contributed by atoms with Gasteiger partial charge in [0, 0.05) is 25.3 Å². The van der Waals surface area contributed by atoms with E-state index in [1.165, 1.54) is 11.8 Å². The van der Waals surface area contributed by atoms with Crippen LogP contribution in [0.3, 0.4) is 0 Å². The number of rotatable bonds is 6. The number of ether oxygens (including phenoxy) is 1. The quantitative estimate of drug-likeness (QED) is 0.519. The lowest BCUT2D eigenvalue weighted by atomic mass is 10.2. The molecule has 1 saturated heterocycles. The van der Waals surface area contributed by atoms with E-state index in [1.807, 2.05) is 60.7 Å². The molecule has 1 aliphatic rings. The molecule has 1 aliphatic heterocycles. The van der Waals surface area contributed by atoms with E-state index in [4.69, 9.17) is 16.3 Å². The van der Waals surface area contributed by atoms with Crippen molar-refractivity contribution < 1.29 is 9.53 Å². The van der Waals surface area contributed by atoms with Crippen LogP contribution in [0, 0.1) is 0 Å². The van der Waals surface area contributed by atoms with Crippen molar-refractivity contribution in [2.24, 2.45) is 4.99 Å². The van der Waals surface area contributed by atoms with Crippen LogP contribution in [-0.2, 0) is 9.53 Å². The van der Waals surface area contributed by atoms with Gasteiger partial charge < -0.3 is 4.74 Å². The molecule has 2 aromatic carbocycles. The molecule has 26 heavy (non-hydrogen) atoms. The van der Waals surface area contributed by atoms with Crippen molar-refractivity contribution in [1.29, 1.82) is 0 Å². The predicted molar refractivity (Wildman–Crippen MR) is 109 cm³/mol. The first-order valence-electron chi connectivity index (χ1n) is 8.27. The monoisotopic (exact) mass is 386 g/mol. The van der Waals surface area contributed by atoms with Crippen LogP contribution >= 0.6 is 23.4 Å². The Morgan fingerprint density at radius 3 is 2.62 bits per heavy atom. The van der Waals surface area contributed by atoms with Gasteiger partial charge in [-0.3, -0.25) is 9.69 Å². The molecule has 3 rings (SSSR count). The van der Waals surface area contributed by atoms with Gasteiger partial charge in [-0.15, -0.1) is 0 Å². The molecule has 1 heterocycles. The number of amides is 1. The first-order chi connectivity index (χ1) is 12.7. The second-order valence-electron chi connectivity index (χ2n) is 5.67. The first-order valence-corrected chi connectivity index (χ1v) is 9.47. The van der Waals surface area contributed by atoms with Crippen molar-refractivity contribution in [2.75, 3.05) is 20.3 Å². The highest BCUT2D eigenvalue weighted by Crippen LogP contribution is 2.35. The van der Waals surface area contributed by atoms with E-state index in [1.54, 1.807) is 12.0 Å². The van der Waals surface area contributed by atoms with Crippen LogP contribution in [0.4, 0.5) is 5.69 Å². The smallest absolute Gasteiger partial charge is 0.266 e. The molecule has 1 amide bonds. The summed E-state index contributed by atoms with van der Waals surface area (Å²) in [6.45, 7) is 1.15. The minimum absolute atomic E-state index is 0.0549. The maximum Gasteiger partial charge on any atom is 0.266 e. The highest BCUT2D eigenvalue weighted by molar-refractivity contribution is 8.18. The van der Waals surface area contributed by atoms with Crippen LogP contribution in [0.1, 0.15) is 12.0 Å². The molecular formula is C20H19ClN2O2S. The Morgan fingerprint density at radius 1 is 1.15 bits per heavy atom. The number of halogens is 1. The Morgan fingerprint density at radius 2 is 1.88 bits per heavy atom. The summed E-state index contributed by atoms with van der Waals surface area (Å²) < 4.78 is 5.11. The van der Waals surface area contributed by atoms with Gasteiger partial charge in [0.25, 0.3) is 5.91 Å². The van der Waals surface area contributed by atoms with Crippen molar-refractivity contribution in [2.45, 2.75) is 6.42 Å². The molecule has 0 N–H and O–H groups in total. The number of carbonyl (C=O) groups excluding carboxylic acids is 1. The minimum Gasteiger partial charge on any atom is -0.385 e. The number of methoxy groups -OCH3 is 1. The number of aliphatic imine (C=N–C) groups is 1. The fourth-order valence-electron chi connectivity index (χ4n) is 2.50. The van der Waals surface area contributed by atoms with Crippen LogP contribution < -0.4 is 0 Å². The highest BCUT2D eigenvalue weighted by atomic mass is 35.5. The molecule has 0 aliphatic carbocycles. The van der Waals surface area contributed by atoms with E-state index in [-0.39, 0.29) is 5.91 Å². The van der Waals surface area contributed by atoms with Crippen LogP contribution in [0.5, 0.6) is 0 Å². The number of nitrogens with zero attached hydrogens (tertiary/aromatic N) is 2. The Balaban J connectivity index is 1.91. The van der Waals surface area contributed by atoms with Gasteiger partial charge in [0.15, 0.2) is 5.17 Å². The lowest BCUT2D eigenvalue weighted by Crippen LogP contribution is -2.30. The Bertz CT molecular complexity index is 837. The van der Waals surface area contributed by atoms with E-state index in [9.17, 15) is 4.79 Å². The van der Waals surface area contributed by atoms with Crippen molar-refractivity contribution in [3.63, 3.8) is 0 Å². The fraction of sp³-hybridized carbons (Fsp3) is 0.200. The van der Waals surface area contributed by atoms with Crippen LogP contribution in [0.25, 0.3) is 6.08 Å². The summed E-state index contributed by atoms with van der Waals surface area (Å²) >= 11 is 7.60. The molecule has 1 fully saturated rings. The molecule has 0 atom stereocenters. The minimum atomic E-state index is -0.0549. The third-order valence-corrected chi connectivity index (χ3v) is 5.14. The lowest BCUT2D eigenvalue weighted by Gasteiger charge is -2.15. The molecule has 4 nitrogen and oxygen atoms in total. The lowest BCUT2D eigenvalue weighted by molar-refractivity contribution is -0.122. The van der Waals surface area contributed by atoms with Gasteiger partial charge in [0.1, 0.15) is 0 Å². The van der Waals surface area contributed by atoms with Crippen LogP contribution in [0.2, 0.25) is 5.02 Å². The van der Waals surface area contributed by atoms with E-state index >= 15 is 0 Å². The second kappa shape index (κ2) is 9.03. The number of benzene rings is 2. The van der Waals surface area contributed by atoms with Crippen molar-refractivity contribution in [3.8, 4) is 0 Å². The van der Waals surface area contributed by atoms with E-state index in [0.29, 0.717) is 28.2 Å². The number of hydrogen-bond acceptors (Lipinski definition) is 4. The Kier molecular flexibility index (Phi) is 6.50. The van der Waals surface area contributed by atoms with Gasteiger partial charge in [-0.2, -0.15) is 0 Å². The predicted octanol–water partition coefficient (Wildman–Crippen LogP) is 4.98. The second-order valence-corrected chi connectivity index (χ2v) is 7.08. The van der Waals surface area contributed by atoms with E-state index < -0.39 is 0 Å². The van der Waals surface area contributed by atoms with Crippen molar-refractivity contribution in [3.05, 3.63) is 70.1 Å². The van der Waals surface area contributed by atoms with Gasteiger partial charge in [-0.05, 0) is 48.0 Å². The third kappa shape index (κ3) is 4.55. The van der Waals surface area contributed by atoms with Gasteiger partial charge in [-0.1, -0.05) is 48.0 Å². The fourth-order valence-corrected chi connectivity index (χ4v) is 3.71. The summed E-state index contributed by atoms with van der Waals surface area (Å²) in [4.78, 5) is 19.9. The summed E-state index contributed by atoms with van der Waals surface area (Å²) in [5, 5.41) is 1.29. The number of para-hydroxylation sites is 1. The molecule has 0 spiro atoms.